The predicted molar refractivity (Wildman–Crippen MR) is 84.6 cm³/mol. The average molecular weight is 311 g/mol. The molecule has 0 aromatic carbocycles. The molecule has 126 valence electrons. The number of urea groups is 1. The van der Waals surface area contributed by atoms with Gasteiger partial charge in [-0.05, 0) is 40.5 Å². The third-order valence-electron chi connectivity index (χ3n) is 4.27. The Bertz CT molecular complexity index is 395. The molecule has 2 heterocycles. The van der Waals surface area contributed by atoms with Crippen molar-refractivity contribution in [3.8, 4) is 0 Å². The predicted octanol–water partition coefficient (Wildman–Crippen LogP) is 1.45. The van der Waals surface area contributed by atoms with Crippen LogP contribution in [0.2, 0.25) is 0 Å². The Kier molecular flexibility index (Phi) is 5.67. The molecule has 1 N–H and O–H groups in total. The molecule has 0 bridgehead atoms. The molecule has 0 spiro atoms. The molecule has 0 saturated carbocycles. The minimum atomic E-state index is -0.0190. The van der Waals surface area contributed by atoms with E-state index in [0.717, 1.165) is 12.8 Å². The van der Waals surface area contributed by atoms with E-state index in [1.165, 1.54) is 0 Å². The topological polar surface area (TPSA) is 61.9 Å². The lowest BCUT2D eigenvalue weighted by molar-refractivity contribution is -0.148. The number of carbonyl (C=O) groups excluding carboxylic acids is 2. The Hall–Kier alpha value is -1.30. The molecular formula is C16H29N3O3. The molecule has 3 amide bonds. The van der Waals surface area contributed by atoms with Gasteiger partial charge in [-0.3, -0.25) is 4.79 Å². The molecule has 2 fully saturated rings. The highest BCUT2D eigenvalue weighted by Crippen LogP contribution is 2.22. The van der Waals surface area contributed by atoms with Crippen molar-refractivity contribution in [2.24, 2.45) is 5.92 Å². The van der Waals surface area contributed by atoms with Gasteiger partial charge >= 0.3 is 6.03 Å². The highest BCUT2D eigenvalue weighted by atomic mass is 16.5. The number of carbonyl (C=O) groups is 2. The van der Waals surface area contributed by atoms with E-state index in [0.29, 0.717) is 26.2 Å². The molecule has 22 heavy (non-hydrogen) atoms. The quantitative estimate of drug-likeness (QED) is 0.839. The molecular weight excluding hydrogens is 282 g/mol. The second-order valence-corrected chi connectivity index (χ2v) is 6.87. The molecule has 6 nitrogen and oxygen atoms in total. The fourth-order valence-corrected chi connectivity index (χ4v) is 3.28. The number of morpholine rings is 1. The fourth-order valence-electron chi connectivity index (χ4n) is 3.28. The van der Waals surface area contributed by atoms with Crippen LogP contribution in [0.1, 0.15) is 40.5 Å². The Morgan fingerprint density at radius 1 is 1.05 bits per heavy atom. The van der Waals surface area contributed by atoms with E-state index in [9.17, 15) is 9.59 Å². The molecule has 2 atom stereocenters. The van der Waals surface area contributed by atoms with Crippen LogP contribution in [-0.2, 0) is 9.53 Å². The molecule has 2 aliphatic heterocycles. The van der Waals surface area contributed by atoms with Gasteiger partial charge in [-0.25, -0.2) is 4.79 Å². The molecule has 2 rings (SSSR count). The zero-order valence-corrected chi connectivity index (χ0v) is 14.2. The summed E-state index contributed by atoms with van der Waals surface area (Å²) in [6.07, 6.45) is 1.71. The summed E-state index contributed by atoms with van der Waals surface area (Å²) in [5.41, 5.74) is 0. The van der Waals surface area contributed by atoms with Gasteiger partial charge in [-0.2, -0.15) is 0 Å². The lowest BCUT2D eigenvalue weighted by atomic mass is 9.95. The lowest BCUT2D eigenvalue weighted by Crippen LogP contribution is -2.52. The van der Waals surface area contributed by atoms with E-state index < -0.39 is 0 Å². The van der Waals surface area contributed by atoms with E-state index >= 15 is 0 Å². The first-order valence-electron chi connectivity index (χ1n) is 8.36. The van der Waals surface area contributed by atoms with E-state index in [2.05, 4.69) is 5.32 Å². The smallest absolute Gasteiger partial charge is 0.317 e. The van der Waals surface area contributed by atoms with E-state index in [4.69, 9.17) is 4.74 Å². The SMILES string of the molecule is CC(C)NC(=O)N1CCC(C(=O)N2C[C@@H](C)O[C@@H](C)C2)CC1. The van der Waals surface area contributed by atoms with Gasteiger partial charge in [0, 0.05) is 38.1 Å². The number of hydrogen-bond donors (Lipinski definition) is 1. The zero-order valence-electron chi connectivity index (χ0n) is 14.2. The lowest BCUT2D eigenvalue weighted by Gasteiger charge is -2.39. The van der Waals surface area contributed by atoms with Crippen LogP contribution in [0.3, 0.4) is 0 Å². The van der Waals surface area contributed by atoms with Gasteiger partial charge in [0.2, 0.25) is 5.91 Å². The van der Waals surface area contributed by atoms with Crippen LogP contribution in [0.15, 0.2) is 0 Å². The highest BCUT2D eigenvalue weighted by molar-refractivity contribution is 5.80. The van der Waals surface area contributed by atoms with Crippen LogP contribution in [0.25, 0.3) is 0 Å². The van der Waals surface area contributed by atoms with Gasteiger partial charge in [-0.1, -0.05) is 0 Å². The maximum Gasteiger partial charge on any atom is 0.317 e. The molecule has 0 aromatic heterocycles. The Labute approximate surface area is 133 Å². The summed E-state index contributed by atoms with van der Waals surface area (Å²) in [6, 6.07) is 0.123. The minimum absolute atomic E-state index is 0.0190. The van der Waals surface area contributed by atoms with Crippen molar-refractivity contribution in [2.75, 3.05) is 26.2 Å². The number of nitrogens with one attached hydrogen (secondary N) is 1. The van der Waals surface area contributed by atoms with E-state index in [-0.39, 0.29) is 36.1 Å². The van der Waals surface area contributed by atoms with Crippen molar-refractivity contribution in [2.45, 2.75) is 58.8 Å². The number of likely N-dealkylation sites (tertiary alicyclic amines) is 1. The summed E-state index contributed by atoms with van der Waals surface area (Å²) in [5.74, 6) is 0.270. The maximum atomic E-state index is 12.6. The Morgan fingerprint density at radius 3 is 2.09 bits per heavy atom. The molecule has 2 saturated heterocycles. The number of amides is 3. The largest absolute Gasteiger partial charge is 0.372 e. The molecule has 0 aromatic rings. The van der Waals surface area contributed by atoms with Crippen LogP contribution in [0.5, 0.6) is 0 Å². The van der Waals surface area contributed by atoms with Crippen LogP contribution in [0.4, 0.5) is 4.79 Å². The second kappa shape index (κ2) is 7.31. The molecule has 6 heteroatoms. The summed E-state index contributed by atoms with van der Waals surface area (Å²) in [6.45, 7) is 10.6. The van der Waals surface area contributed by atoms with Crippen LogP contribution < -0.4 is 5.32 Å². The molecule has 0 aliphatic carbocycles. The first-order chi connectivity index (χ1) is 10.4. The number of rotatable bonds is 2. The second-order valence-electron chi connectivity index (χ2n) is 6.87. The monoisotopic (exact) mass is 311 g/mol. The highest BCUT2D eigenvalue weighted by Gasteiger charge is 2.33. The summed E-state index contributed by atoms with van der Waals surface area (Å²) in [4.78, 5) is 28.4. The van der Waals surface area contributed by atoms with Gasteiger partial charge in [0.15, 0.2) is 0 Å². The number of ether oxygens (including phenoxy) is 1. The zero-order chi connectivity index (χ0) is 16.3. The van der Waals surface area contributed by atoms with E-state index in [1.54, 1.807) is 0 Å². The van der Waals surface area contributed by atoms with Gasteiger partial charge < -0.3 is 19.9 Å². The summed E-state index contributed by atoms with van der Waals surface area (Å²) >= 11 is 0. The van der Waals surface area contributed by atoms with Crippen LogP contribution >= 0.6 is 0 Å². The van der Waals surface area contributed by atoms with Crippen LogP contribution in [-0.4, -0.2) is 66.2 Å². The number of nitrogens with zero attached hydrogens (tertiary/aromatic N) is 2. The standard InChI is InChI=1S/C16H29N3O3/c1-11(2)17-16(21)18-7-5-14(6-8-18)15(20)19-9-12(3)22-13(4)10-19/h11-14H,5-10H2,1-4H3,(H,17,21)/t12-,13+. The summed E-state index contributed by atoms with van der Waals surface area (Å²) < 4.78 is 5.68. The van der Waals surface area contributed by atoms with Crippen molar-refractivity contribution >= 4 is 11.9 Å². The van der Waals surface area contributed by atoms with Gasteiger partial charge in [0.25, 0.3) is 0 Å². The maximum absolute atomic E-state index is 12.6. The molecule has 0 radical (unpaired) electrons. The molecule has 0 unspecified atom stereocenters. The Balaban J connectivity index is 1.83. The average Bonchev–Trinajstić information content (AvgIpc) is 2.45. The third kappa shape index (κ3) is 4.35. The first kappa shape index (κ1) is 17.1. The fraction of sp³-hybridized carbons (Fsp3) is 0.875. The van der Waals surface area contributed by atoms with Crippen molar-refractivity contribution in [3.63, 3.8) is 0 Å². The summed E-state index contributed by atoms with van der Waals surface area (Å²) in [7, 11) is 0. The van der Waals surface area contributed by atoms with Gasteiger partial charge in [0.1, 0.15) is 0 Å². The van der Waals surface area contributed by atoms with Crippen molar-refractivity contribution in [3.05, 3.63) is 0 Å². The van der Waals surface area contributed by atoms with Crippen LogP contribution in [0, 0.1) is 5.92 Å². The first-order valence-corrected chi connectivity index (χ1v) is 8.36. The normalized spacial score (nSPS) is 27.1. The Morgan fingerprint density at radius 2 is 1.59 bits per heavy atom. The van der Waals surface area contributed by atoms with Gasteiger partial charge in [-0.15, -0.1) is 0 Å². The number of piperidine rings is 1. The van der Waals surface area contributed by atoms with Crippen molar-refractivity contribution in [1.29, 1.82) is 0 Å². The van der Waals surface area contributed by atoms with Crippen molar-refractivity contribution < 1.29 is 14.3 Å². The van der Waals surface area contributed by atoms with Gasteiger partial charge in [0.05, 0.1) is 12.2 Å². The molecule has 2 aliphatic rings. The summed E-state index contributed by atoms with van der Waals surface area (Å²) in [5, 5.41) is 2.91. The third-order valence-corrected chi connectivity index (χ3v) is 4.27. The van der Waals surface area contributed by atoms with Crippen molar-refractivity contribution in [1.82, 2.24) is 15.1 Å². The minimum Gasteiger partial charge on any atom is -0.372 e. The number of hydrogen-bond acceptors (Lipinski definition) is 3. The van der Waals surface area contributed by atoms with E-state index in [1.807, 2.05) is 37.5 Å².